The van der Waals surface area contributed by atoms with Gasteiger partial charge in [0.2, 0.25) is 0 Å². The van der Waals surface area contributed by atoms with E-state index in [0.717, 1.165) is 55.3 Å². The number of para-hydroxylation sites is 2. The molecule has 0 unspecified atom stereocenters. The highest BCUT2D eigenvalue weighted by atomic mass is 32.1. The Hall–Kier alpha value is -7.22. The molecule has 12 aromatic rings. The van der Waals surface area contributed by atoms with Gasteiger partial charge in [0.1, 0.15) is 6.07 Å². The van der Waals surface area contributed by atoms with Gasteiger partial charge >= 0.3 is 0 Å². The molecule has 56 heavy (non-hydrogen) atoms. The first kappa shape index (κ1) is 31.2. The molecule has 4 heterocycles. The van der Waals surface area contributed by atoms with Crippen molar-refractivity contribution in [2.24, 2.45) is 0 Å². The number of fused-ring (bicyclic) bond motifs is 13. The van der Waals surface area contributed by atoms with E-state index in [1.807, 2.05) is 53.0 Å². The number of hydrogen-bond acceptors (Lipinski definition) is 4. The van der Waals surface area contributed by atoms with Gasteiger partial charge in [0, 0.05) is 67.6 Å². The highest BCUT2D eigenvalue weighted by Gasteiger charge is 2.21. The Balaban J connectivity index is 1.02. The van der Waals surface area contributed by atoms with Crippen molar-refractivity contribution in [1.29, 1.82) is 10.5 Å². The van der Waals surface area contributed by atoms with E-state index in [0.29, 0.717) is 11.1 Å². The summed E-state index contributed by atoms with van der Waals surface area (Å²) in [5.41, 5.74) is 8.77. The first-order valence-corrected chi connectivity index (χ1v) is 20.1. The highest BCUT2D eigenvalue weighted by molar-refractivity contribution is 7.27. The number of aromatic nitrogens is 2. The lowest BCUT2D eigenvalue weighted by molar-refractivity contribution is 1.17. The fourth-order valence-corrected chi connectivity index (χ4v) is 11.3. The third-order valence-corrected chi connectivity index (χ3v) is 13.7. The summed E-state index contributed by atoms with van der Waals surface area (Å²) >= 11 is 3.65. The maximum absolute atomic E-state index is 10.7. The van der Waals surface area contributed by atoms with Crippen molar-refractivity contribution in [2.75, 3.05) is 0 Å². The van der Waals surface area contributed by atoms with Gasteiger partial charge in [-0.25, -0.2) is 0 Å². The van der Waals surface area contributed by atoms with Crippen LogP contribution >= 0.6 is 22.7 Å². The van der Waals surface area contributed by atoms with Gasteiger partial charge in [-0.1, -0.05) is 91.0 Å². The number of thiophene rings is 2. The Morgan fingerprint density at radius 3 is 1.88 bits per heavy atom. The molecule has 4 aromatic heterocycles. The van der Waals surface area contributed by atoms with Gasteiger partial charge in [-0.05, 0) is 77.9 Å². The van der Waals surface area contributed by atoms with E-state index in [1.165, 1.54) is 51.1 Å². The van der Waals surface area contributed by atoms with E-state index in [9.17, 15) is 10.5 Å². The van der Waals surface area contributed by atoms with Crippen LogP contribution in [0.1, 0.15) is 11.1 Å². The van der Waals surface area contributed by atoms with Crippen LogP contribution in [-0.4, -0.2) is 9.13 Å². The molecule has 0 aliphatic rings. The van der Waals surface area contributed by atoms with Crippen LogP contribution in [0.25, 0.3) is 106 Å². The molecule has 0 saturated carbocycles. The summed E-state index contributed by atoms with van der Waals surface area (Å²) in [4.78, 5) is 0. The maximum atomic E-state index is 10.7. The zero-order valence-electron chi connectivity index (χ0n) is 29.6. The Morgan fingerprint density at radius 1 is 0.411 bits per heavy atom. The Labute approximate surface area is 328 Å². The van der Waals surface area contributed by atoms with Crippen LogP contribution in [0.4, 0.5) is 0 Å². The average Bonchev–Trinajstić information content (AvgIpc) is 4.00. The molecule has 12 rings (SSSR count). The van der Waals surface area contributed by atoms with Crippen LogP contribution < -0.4 is 0 Å². The number of benzene rings is 8. The quantitative estimate of drug-likeness (QED) is 0.181. The molecule has 0 saturated heterocycles. The molecule has 0 spiro atoms. The summed E-state index contributed by atoms with van der Waals surface area (Å²) in [5, 5.41) is 31.1. The van der Waals surface area contributed by atoms with E-state index in [1.54, 1.807) is 0 Å². The van der Waals surface area contributed by atoms with E-state index in [2.05, 4.69) is 149 Å². The van der Waals surface area contributed by atoms with E-state index in [-0.39, 0.29) is 0 Å². The largest absolute Gasteiger partial charge is 0.309 e. The molecule has 0 fully saturated rings. The normalized spacial score (nSPS) is 11.9. The topological polar surface area (TPSA) is 57.4 Å². The Morgan fingerprint density at radius 2 is 1.09 bits per heavy atom. The fourth-order valence-electron chi connectivity index (χ4n) is 8.96. The van der Waals surface area contributed by atoms with Gasteiger partial charge in [0.25, 0.3) is 0 Å². The zero-order chi connectivity index (χ0) is 37.1. The Kier molecular flexibility index (Phi) is 6.48. The monoisotopic (exact) mass is 746 g/mol. The maximum Gasteiger partial charge on any atom is 0.101 e. The van der Waals surface area contributed by atoms with E-state index >= 15 is 0 Å². The van der Waals surface area contributed by atoms with Crippen molar-refractivity contribution in [3.63, 3.8) is 0 Å². The van der Waals surface area contributed by atoms with Crippen LogP contribution in [-0.2, 0) is 0 Å². The predicted molar refractivity (Wildman–Crippen MR) is 236 cm³/mol. The van der Waals surface area contributed by atoms with Gasteiger partial charge in [-0.3, -0.25) is 0 Å². The lowest BCUT2D eigenvalue weighted by atomic mass is 9.97. The first-order chi connectivity index (χ1) is 27.7. The summed E-state index contributed by atoms with van der Waals surface area (Å²) < 4.78 is 9.56. The fraction of sp³-hybridized carbons (Fsp3) is 0. The third kappa shape index (κ3) is 4.26. The van der Waals surface area contributed by atoms with Crippen LogP contribution in [0, 0.1) is 22.7 Å². The van der Waals surface area contributed by atoms with Gasteiger partial charge in [-0.2, -0.15) is 10.5 Å². The van der Waals surface area contributed by atoms with Gasteiger partial charge < -0.3 is 9.13 Å². The van der Waals surface area contributed by atoms with Crippen LogP contribution in [0.15, 0.2) is 158 Å². The van der Waals surface area contributed by atoms with Crippen molar-refractivity contribution in [1.82, 2.24) is 9.13 Å². The van der Waals surface area contributed by atoms with E-state index in [4.69, 9.17) is 0 Å². The molecule has 6 heteroatoms. The molecule has 258 valence electrons. The number of nitrogens with zero attached hydrogens (tertiary/aromatic N) is 4. The summed E-state index contributed by atoms with van der Waals surface area (Å²) in [6.45, 7) is 0. The predicted octanol–water partition coefficient (Wildman–Crippen LogP) is 14.0. The molecule has 8 aromatic carbocycles. The second-order valence-electron chi connectivity index (χ2n) is 14.3. The van der Waals surface area contributed by atoms with Crippen LogP contribution in [0.3, 0.4) is 0 Å². The van der Waals surface area contributed by atoms with Gasteiger partial charge in [0.15, 0.2) is 0 Å². The molecular weight excluding hydrogens is 721 g/mol. The van der Waals surface area contributed by atoms with Crippen LogP contribution in [0.5, 0.6) is 0 Å². The summed E-state index contributed by atoms with van der Waals surface area (Å²) in [6, 6.07) is 60.3. The summed E-state index contributed by atoms with van der Waals surface area (Å²) in [5.74, 6) is 0. The average molecular weight is 747 g/mol. The minimum absolute atomic E-state index is 0.545. The van der Waals surface area contributed by atoms with Gasteiger partial charge in [0.05, 0.1) is 45.0 Å². The van der Waals surface area contributed by atoms with Crippen molar-refractivity contribution in [3.05, 3.63) is 169 Å². The molecule has 0 N–H and O–H groups in total. The highest BCUT2D eigenvalue weighted by Crippen LogP contribution is 2.44. The zero-order valence-corrected chi connectivity index (χ0v) is 31.2. The lowest BCUT2D eigenvalue weighted by Gasteiger charge is -2.14. The number of nitriles is 2. The molecule has 0 amide bonds. The Bertz CT molecular complexity index is 3750. The SMILES string of the molecule is N#Cc1cc(-n2c3ccccc3c3c4sc5ccccc5c4ccc32)ccc1-c1ccc(-n2c3ccccc3c3cc4sc5ccccc5c4cc32)c(C#N)c1. The summed E-state index contributed by atoms with van der Waals surface area (Å²) in [7, 11) is 0. The number of hydrogen-bond donors (Lipinski definition) is 0. The number of rotatable bonds is 3. The second kappa shape index (κ2) is 11.6. The lowest BCUT2D eigenvalue weighted by Crippen LogP contribution is -1.99. The van der Waals surface area contributed by atoms with Crippen molar-refractivity contribution in [3.8, 4) is 34.6 Å². The molecule has 4 nitrogen and oxygen atoms in total. The second-order valence-corrected chi connectivity index (χ2v) is 16.4. The molecule has 0 radical (unpaired) electrons. The minimum atomic E-state index is 0.545. The summed E-state index contributed by atoms with van der Waals surface area (Å²) in [6.07, 6.45) is 0. The molecule has 0 aliphatic heterocycles. The molecule has 0 bridgehead atoms. The van der Waals surface area contributed by atoms with Crippen molar-refractivity contribution >= 4 is 107 Å². The molecule has 0 atom stereocenters. The standard InChI is InChI=1S/C50H26N4S2/c51-27-30-24-32(53-43-14-6-2-12-38(43)49-44(53)22-20-37-35-10-3-8-16-47(35)56-50(37)49)18-19-33(30)29-17-21-41(31(23-29)28-52)54-42-13-5-1-9-34(42)39-26-48-40(25-45(39)54)36-11-4-7-15-46(36)55-48/h1-26H. The minimum Gasteiger partial charge on any atom is -0.309 e. The molecule has 0 aliphatic carbocycles. The first-order valence-electron chi connectivity index (χ1n) is 18.5. The van der Waals surface area contributed by atoms with Crippen LogP contribution in [0.2, 0.25) is 0 Å². The van der Waals surface area contributed by atoms with Gasteiger partial charge in [-0.15, -0.1) is 22.7 Å². The smallest absolute Gasteiger partial charge is 0.101 e. The van der Waals surface area contributed by atoms with E-state index < -0.39 is 0 Å². The molecular formula is C50H26N4S2. The third-order valence-electron chi connectivity index (χ3n) is 11.4. The van der Waals surface area contributed by atoms with Crippen molar-refractivity contribution < 1.29 is 0 Å². The van der Waals surface area contributed by atoms with Crippen molar-refractivity contribution in [2.45, 2.75) is 0 Å².